The van der Waals surface area contributed by atoms with Crippen molar-refractivity contribution in [2.45, 2.75) is 24.3 Å². The first kappa shape index (κ1) is 15.6. The van der Waals surface area contributed by atoms with Gasteiger partial charge in [-0.05, 0) is 23.3 Å². The van der Waals surface area contributed by atoms with E-state index in [-0.39, 0.29) is 35.9 Å². The molecule has 0 radical (unpaired) electrons. The lowest BCUT2D eigenvalue weighted by Crippen LogP contribution is -2.52. The van der Waals surface area contributed by atoms with Crippen molar-refractivity contribution < 1.29 is 19.2 Å². The molecule has 0 amide bonds. The third-order valence-electron chi connectivity index (χ3n) is 5.23. The number of hydrogen-bond donors (Lipinski definition) is 0. The Hall–Kier alpha value is -2.89. The lowest BCUT2D eigenvalue weighted by atomic mass is 9.55. The number of carbonyl (C=O) groups is 1. The van der Waals surface area contributed by atoms with Gasteiger partial charge in [-0.25, -0.2) is 0 Å². The van der Waals surface area contributed by atoms with E-state index in [1.807, 2.05) is 48.5 Å². The first-order valence-electron chi connectivity index (χ1n) is 8.22. The third kappa shape index (κ3) is 2.54. The zero-order valence-electron chi connectivity index (χ0n) is 13.4. The third-order valence-corrected chi connectivity index (χ3v) is 5.23. The van der Waals surface area contributed by atoms with Crippen molar-refractivity contribution in [3.05, 3.63) is 69.8 Å². The minimum atomic E-state index is -0.761. The highest BCUT2D eigenvalue weighted by Gasteiger charge is 2.58. The van der Waals surface area contributed by atoms with Crippen LogP contribution < -0.4 is 9.47 Å². The Kier molecular flexibility index (Phi) is 3.87. The Morgan fingerprint density at radius 2 is 1.80 bits per heavy atom. The fraction of sp³-hybridized carbons (Fsp3) is 0.316. The van der Waals surface area contributed by atoms with Gasteiger partial charge in [0.25, 0.3) is 0 Å². The first-order chi connectivity index (χ1) is 12.2. The molecule has 1 saturated carbocycles. The molecule has 1 heterocycles. The van der Waals surface area contributed by atoms with Gasteiger partial charge in [0.2, 0.25) is 12.8 Å². The molecule has 0 unspecified atom stereocenters. The second-order valence-corrected chi connectivity index (χ2v) is 6.42. The number of nitro groups is 1. The van der Waals surface area contributed by atoms with Crippen LogP contribution in [0.1, 0.15) is 29.4 Å². The fourth-order valence-corrected chi connectivity index (χ4v) is 4.15. The predicted octanol–water partition coefficient (Wildman–Crippen LogP) is 3.15. The van der Waals surface area contributed by atoms with Gasteiger partial charge in [0.1, 0.15) is 6.29 Å². The van der Waals surface area contributed by atoms with Gasteiger partial charge >= 0.3 is 0 Å². The maximum atomic E-state index is 11.7. The molecular formula is C19H17NO5. The summed E-state index contributed by atoms with van der Waals surface area (Å²) in [6.07, 6.45) is 0.955. The van der Waals surface area contributed by atoms with Crippen LogP contribution >= 0.6 is 0 Å². The number of hydrogen-bond acceptors (Lipinski definition) is 5. The number of fused-ring (bicyclic) bond motifs is 1. The number of ether oxygens (including phenoxy) is 2. The molecule has 1 aliphatic carbocycles. The van der Waals surface area contributed by atoms with Crippen LogP contribution in [0.3, 0.4) is 0 Å². The van der Waals surface area contributed by atoms with Crippen molar-refractivity contribution in [2.24, 2.45) is 5.92 Å². The number of aldehydes is 1. The van der Waals surface area contributed by atoms with Crippen molar-refractivity contribution in [2.75, 3.05) is 6.79 Å². The number of nitrogens with zero attached hydrogens (tertiary/aromatic N) is 1. The second kappa shape index (κ2) is 6.20. The van der Waals surface area contributed by atoms with E-state index < -0.39 is 6.04 Å². The molecule has 2 aliphatic rings. The largest absolute Gasteiger partial charge is 0.454 e. The summed E-state index contributed by atoms with van der Waals surface area (Å²) in [6.45, 7) is 0.181. The monoisotopic (exact) mass is 339 g/mol. The van der Waals surface area contributed by atoms with Gasteiger partial charge in [0.05, 0.1) is 5.92 Å². The lowest BCUT2D eigenvalue weighted by molar-refractivity contribution is -0.554. The molecule has 0 bridgehead atoms. The molecule has 6 nitrogen and oxygen atoms in total. The lowest BCUT2D eigenvalue weighted by Gasteiger charge is -2.46. The topological polar surface area (TPSA) is 78.7 Å². The van der Waals surface area contributed by atoms with E-state index in [1.165, 1.54) is 0 Å². The maximum Gasteiger partial charge on any atom is 0.231 e. The van der Waals surface area contributed by atoms with E-state index in [2.05, 4.69) is 0 Å². The summed E-state index contributed by atoms with van der Waals surface area (Å²) in [5.74, 6) is 0.646. The van der Waals surface area contributed by atoms with Crippen molar-refractivity contribution in [1.29, 1.82) is 0 Å². The van der Waals surface area contributed by atoms with Gasteiger partial charge in [-0.3, -0.25) is 10.1 Å². The molecule has 2 aromatic rings. The molecule has 4 rings (SSSR count). The van der Waals surface area contributed by atoms with E-state index in [9.17, 15) is 14.9 Å². The smallest absolute Gasteiger partial charge is 0.231 e. The summed E-state index contributed by atoms with van der Waals surface area (Å²) in [6, 6.07) is 14.4. The quantitative estimate of drug-likeness (QED) is 0.475. The van der Waals surface area contributed by atoms with Gasteiger partial charge in [0, 0.05) is 23.2 Å². The highest BCUT2D eigenvalue weighted by molar-refractivity contribution is 5.53. The molecule has 4 atom stereocenters. The van der Waals surface area contributed by atoms with Gasteiger partial charge in [0.15, 0.2) is 11.5 Å². The van der Waals surface area contributed by atoms with Crippen LogP contribution in [0.4, 0.5) is 0 Å². The Balaban J connectivity index is 1.76. The Morgan fingerprint density at radius 3 is 2.52 bits per heavy atom. The Morgan fingerprint density at radius 1 is 1.04 bits per heavy atom. The van der Waals surface area contributed by atoms with E-state index in [0.717, 1.165) is 17.4 Å². The average Bonchev–Trinajstić information content (AvgIpc) is 3.06. The molecule has 0 aromatic heterocycles. The summed E-state index contributed by atoms with van der Waals surface area (Å²) < 4.78 is 10.8. The van der Waals surface area contributed by atoms with Crippen LogP contribution in [0.2, 0.25) is 0 Å². The summed E-state index contributed by atoms with van der Waals surface area (Å²) in [5, 5.41) is 11.7. The molecular weight excluding hydrogens is 322 g/mol. The standard InChI is InChI=1S/C19H17NO5/c21-9-8-14-17(13-6-7-15-16(10-13)25-11-24-15)18(19(14)20(22)23)12-4-2-1-3-5-12/h1-7,9-10,14,17-19H,8,11H2/t14-,17-,18+,19+/m1/s1. The second-order valence-electron chi connectivity index (χ2n) is 6.42. The van der Waals surface area contributed by atoms with Gasteiger partial charge in [-0.1, -0.05) is 36.4 Å². The number of rotatable bonds is 5. The zero-order valence-corrected chi connectivity index (χ0v) is 13.4. The van der Waals surface area contributed by atoms with Crippen LogP contribution in [0, 0.1) is 16.0 Å². The fourth-order valence-electron chi connectivity index (χ4n) is 4.15. The summed E-state index contributed by atoms with van der Waals surface area (Å²) in [4.78, 5) is 22.5. The highest BCUT2D eigenvalue weighted by atomic mass is 16.7. The minimum absolute atomic E-state index is 0.0995. The maximum absolute atomic E-state index is 11.7. The highest BCUT2D eigenvalue weighted by Crippen LogP contribution is 2.56. The van der Waals surface area contributed by atoms with E-state index in [1.54, 1.807) is 0 Å². The molecule has 0 saturated heterocycles. The Labute approximate surface area is 144 Å². The van der Waals surface area contributed by atoms with Crippen LogP contribution in [0.5, 0.6) is 11.5 Å². The van der Waals surface area contributed by atoms with Crippen molar-refractivity contribution >= 4 is 6.29 Å². The predicted molar refractivity (Wildman–Crippen MR) is 89.4 cm³/mol. The first-order valence-corrected chi connectivity index (χ1v) is 8.22. The number of benzene rings is 2. The number of carbonyl (C=O) groups excluding carboxylic acids is 1. The van der Waals surface area contributed by atoms with Crippen molar-refractivity contribution in [1.82, 2.24) is 0 Å². The van der Waals surface area contributed by atoms with E-state index >= 15 is 0 Å². The average molecular weight is 339 g/mol. The molecule has 128 valence electrons. The van der Waals surface area contributed by atoms with E-state index in [0.29, 0.717) is 11.5 Å². The summed E-state index contributed by atoms with van der Waals surface area (Å²) >= 11 is 0. The molecule has 0 N–H and O–H groups in total. The summed E-state index contributed by atoms with van der Waals surface area (Å²) in [7, 11) is 0. The normalized spacial score (nSPS) is 26.7. The van der Waals surface area contributed by atoms with Crippen LogP contribution in [-0.4, -0.2) is 24.0 Å². The summed E-state index contributed by atoms with van der Waals surface area (Å²) in [5.41, 5.74) is 1.87. The van der Waals surface area contributed by atoms with Crippen LogP contribution in [0.25, 0.3) is 0 Å². The van der Waals surface area contributed by atoms with Crippen LogP contribution in [0.15, 0.2) is 48.5 Å². The van der Waals surface area contributed by atoms with Crippen LogP contribution in [-0.2, 0) is 4.79 Å². The molecule has 25 heavy (non-hydrogen) atoms. The van der Waals surface area contributed by atoms with Crippen molar-refractivity contribution in [3.63, 3.8) is 0 Å². The van der Waals surface area contributed by atoms with Crippen molar-refractivity contribution in [3.8, 4) is 11.5 Å². The van der Waals surface area contributed by atoms with E-state index in [4.69, 9.17) is 9.47 Å². The molecule has 1 aliphatic heterocycles. The van der Waals surface area contributed by atoms with Gasteiger partial charge in [-0.2, -0.15) is 0 Å². The molecule has 6 heteroatoms. The molecule has 2 aromatic carbocycles. The molecule has 0 spiro atoms. The Bertz CT molecular complexity index is 807. The van der Waals surface area contributed by atoms with Gasteiger partial charge < -0.3 is 14.3 Å². The van der Waals surface area contributed by atoms with Gasteiger partial charge in [-0.15, -0.1) is 0 Å². The minimum Gasteiger partial charge on any atom is -0.454 e. The molecule has 1 fully saturated rings. The zero-order chi connectivity index (χ0) is 17.4. The SMILES string of the molecule is O=CC[C@@H]1[C@@H](c2ccc3c(c2)OCO3)[C@H](c2ccccc2)[C@H]1[N+](=O)[O-].